The third-order valence-electron chi connectivity index (χ3n) is 2.01. The number of ether oxygens (including phenoxy) is 1. The van der Waals surface area contributed by atoms with E-state index in [1.807, 2.05) is 0 Å². The maximum Gasteiger partial charge on any atom is 0.413 e. The second kappa shape index (κ2) is 5.48. The Kier molecular flexibility index (Phi) is 4.41. The molecule has 0 atom stereocenters. The molecule has 0 saturated carbocycles. The first-order chi connectivity index (χ1) is 8.64. The standard InChI is InChI=1S/C12H16F2N2O3/c1-11(2,3)19-10(18)16-9-5-4-8(6-15-9)12(13,14)7-17/h4-6,17H,7H2,1-3H3,(H,15,16,18). The van der Waals surface area contributed by atoms with Crippen molar-refractivity contribution in [2.75, 3.05) is 11.9 Å². The monoisotopic (exact) mass is 274 g/mol. The highest BCUT2D eigenvalue weighted by Crippen LogP contribution is 2.26. The molecule has 1 rings (SSSR count). The van der Waals surface area contributed by atoms with Gasteiger partial charge in [-0.1, -0.05) is 0 Å². The van der Waals surface area contributed by atoms with Crippen LogP contribution in [0.3, 0.4) is 0 Å². The molecule has 0 aliphatic heterocycles. The smallest absolute Gasteiger partial charge is 0.413 e. The number of aromatic nitrogens is 1. The zero-order valence-corrected chi connectivity index (χ0v) is 10.9. The lowest BCUT2D eigenvalue weighted by atomic mass is 10.1. The number of carbonyl (C=O) groups is 1. The molecule has 0 bridgehead atoms. The summed E-state index contributed by atoms with van der Waals surface area (Å²) < 4.78 is 31.2. The Balaban J connectivity index is 2.70. The lowest BCUT2D eigenvalue weighted by Gasteiger charge is -2.19. The number of rotatable bonds is 3. The average molecular weight is 274 g/mol. The van der Waals surface area contributed by atoms with Gasteiger partial charge in [0.05, 0.1) is 0 Å². The molecule has 0 aromatic carbocycles. The number of aliphatic hydroxyl groups excluding tert-OH is 1. The number of carbonyl (C=O) groups excluding carboxylic acids is 1. The van der Waals surface area contributed by atoms with Gasteiger partial charge in [-0.2, -0.15) is 8.78 Å². The lowest BCUT2D eigenvalue weighted by Crippen LogP contribution is -2.27. The first-order valence-electron chi connectivity index (χ1n) is 5.59. The molecule has 1 aromatic rings. The number of pyridine rings is 1. The van der Waals surface area contributed by atoms with Crippen LogP contribution in [0.5, 0.6) is 0 Å². The predicted molar refractivity (Wildman–Crippen MR) is 65.1 cm³/mol. The number of hydrogen-bond donors (Lipinski definition) is 2. The summed E-state index contributed by atoms with van der Waals surface area (Å²) >= 11 is 0. The summed E-state index contributed by atoms with van der Waals surface area (Å²) in [4.78, 5) is 15.1. The molecule has 0 spiro atoms. The normalized spacial score (nSPS) is 12.1. The Morgan fingerprint density at radius 2 is 2.05 bits per heavy atom. The minimum absolute atomic E-state index is 0.0896. The molecule has 19 heavy (non-hydrogen) atoms. The van der Waals surface area contributed by atoms with Crippen molar-refractivity contribution in [1.82, 2.24) is 4.98 Å². The summed E-state index contributed by atoms with van der Waals surface area (Å²) in [6.07, 6.45) is 0.171. The molecule has 0 aliphatic carbocycles. The van der Waals surface area contributed by atoms with Gasteiger partial charge in [0.1, 0.15) is 18.0 Å². The highest BCUT2D eigenvalue weighted by atomic mass is 19.3. The Hall–Kier alpha value is -1.76. The van der Waals surface area contributed by atoms with E-state index in [1.54, 1.807) is 20.8 Å². The molecular formula is C12H16F2N2O3. The number of anilines is 1. The molecular weight excluding hydrogens is 258 g/mol. The summed E-state index contributed by atoms with van der Waals surface area (Å²) in [6, 6.07) is 2.29. The van der Waals surface area contributed by atoms with Crippen molar-refractivity contribution < 1.29 is 23.4 Å². The Morgan fingerprint density at radius 1 is 1.42 bits per heavy atom. The van der Waals surface area contributed by atoms with Crippen molar-refractivity contribution in [2.24, 2.45) is 0 Å². The van der Waals surface area contributed by atoms with E-state index >= 15 is 0 Å². The van der Waals surface area contributed by atoms with E-state index in [0.717, 1.165) is 12.3 Å². The molecule has 0 radical (unpaired) electrons. The molecule has 1 heterocycles. The number of hydrogen-bond acceptors (Lipinski definition) is 4. The van der Waals surface area contributed by atoms with Crippen LogP contribution in [0.1, 0.15) is 26.3 Å². The van der Waals surface area contributed by atoms with Crippen LogP contribution in [0.15, 0.2) is 18.3 Å². The van der Waals surface area contributed by atoms with Crippen molar-refractivity contribution in [1.29, 1.82) is 0 Å². The van der Waals surface area contributed by atoms with Crippen LogP contribution < -0.4 is 5.32 Å². The summed E-state index contributed by atoms with van der Waals surface area (Å²) in [5.74, 6) is -3.26. The highest BCUT2D eigenvalue weighted by Gasteiger charge is 2.30. The van der Waals surface area contributed by atoms with Gasteiger partial charge in [-0.15, -0.1) is 0 Å². The summed E-state index contributed by atoms with van der Waals surface area (Å²) in [6.45, 7) is 3.80. The van der Waals surface area contributed by atoms with Crippen LogP contribution in [-0.4, -0.2) is 28.4 Å². The van der Waals surface area contributed by atoms with Crippen molar-refractivity contribution in [3.63, 3.8) is 0 Å². The Labute approximate surface area is 109 Å². The summed E-state index contributed by atoms with van der Waals surface area (Å²) in [5.41, 5.74) is -1.08. The maximum atomic E-state index is 13.1. The van der Waals surface area contributed by atoms with E-state index in [4.69, 9.17) is 9.84 Å². The fourth-order valence-electron chi connectivity index (χ4n) is 1.18. The molecule has 0 aliphatic rings. The van der Waals surface area contributed by atoms with Gasteiger partial charge in [0, 0.05) is 11.8 Å². The van der Waals surface area contributed by atoms with Crippen LogP contribution in [0.4, 0.5) is 19.4 Å². The summed E-state index contributed by atoms with van der Waals surface area (Å²) in [7, 11) is 0. The molecule has 0 fully saturated rings. The quantitative estimate of drug-likeness (QED) is 0.888. The van der Waals surface area contributed by atoms with Crippen molar-refractivity contribution in [3.8, 4) is 0 Å². The van der Waals surface area contributed by atoms with E-state index in [1.165, 1.54) is 6.07 Å². The number of alkyl halides is 2. The van der Waals surface area contributed by atoms with E-state index in [9.17, 15) is 13.6 Å². The van der Waals surface area contributed by atoms with Crippen molar-refractivity contribution in [2.45, 2.75) is 32.3 Å². The third-order valence-corrected chi connectivity index (χ3v) is 2.01. The lowest BCUT2D eigenvalue weighted by molar-refractivity contribution is -0.0558. The molecule has 0 unspecified atom stereocenters. The maximum absolute atomic E-state index is 13.1. The van der Waals surface area contributed by atoms with Crippen LogP contribution in [0.2, 0.25) is 0 Å². The van der Waals surface area contributed by atoms with Gasteiger partial charge in [-0.25, -0.2) is 9.78 Å². The molecule has 1 aromatic heterocycles. The molecule has 106 valence electrons. The van der Waals surface area contributed by atoms with Gasteiger partial charge in [0.15, 0.2) is 0 Å². The van der Waals surface area contributed by atoms with Gasteiger partial charge in [0.25, 0.3) is 5.92 Å². The first kappa shape index (κ1) is 15.3. The number of aliphatic hydroxyl groups is 1. The van der Waals surface area contributed by atoms with E-state index in [-0.39, 0.29) is 5.82 Å². The zero-order valence-electron chi connectivity index (χ0n) is 10.9. The van der Waals surface area contributed by atoms with Crippen LogP contribution in [0, 0.1) is 0 Å². The van der Waals surface area contributed by atoms with Crippen LogP contribution >= 0.6 is 0 Å². The average Bonchev–Trinajstić information content (AvgIpc) is 2.27. The minimum Gasteiger partial charge on any atom is -0.444 e. The van der Waals surface area contributed by atoms with Gasteiger partial charge >= 0.3 is 6.09 Å². The Bertz CT molecular complexity index is 441. The molecule has 7 heteroatoms. The SMILES string of the molecule is CC(C)(C)OC(=O)Nc1ccc(C(F)(F)CO)cn1. The second-order valence-electron chi connectivity index (χ2n) is 4.92. The third kappa shape index (κ3) is 4.78. The topological polar surface area (TPSA) is 71.5 Å². The van der Waals surface area contributed by atoms with Crippen molar-refractivity contribution >= 4 is 11.9 Å². The molecule has 0 saturated heterocycles. The van der Waals surface area contributed by atoms with Crippen molar-refractivity contribution in [3.05, 3.63) is 23.9 Å². The first-order valence-corrected chi connectivity index (χ1v) is 5.59. The van der Waals surface area contributed by atoms with E-state index in [2.05, 4.69) is 10.3 Å². The molecule has 1 amide bonds. The zero-order chi connectivity index (χ0) is 14.7. The molecule has 2 N–H and O–H groups in total. The second-order valence-corrected chi connectivity index (χ2v) is 4.92. The fraction of sp³-hybridized carbons (Fsp3) is 0.500. The predicted octanol–water partition coefficient (Wildman–Crippen LogP) is 2.51. The largest absolute Gasteiger partial charge is 0.444 e. The summed E-state index contributed by atoms with van der Waals surface area (Å²) in [5, 5.41) is 10.8. The number of amides is 1. The van der Waals surface area contributed by atoms with Gasteiger partial charge in [-0.05, 0) is 32.9 Å². The molecule has 5 nitrogen and oxygen atoms in total. The minimum atomic E-state index is -3.35. The highest BCUT2D eigenvalue weighted by molar-refractivity contribution is 5.83. The van der Waals surface area contributed by atoms with Gasteiger partial charge in [0.2, 0.25) is 0 Å². The number of halogens is 2. The Morgan fingerprint density at radius 3 is 2.47 bits per heavy atom. The van der Waals surface area contributed by atoms with Crippen LogP contribution in [0.25, 0.3) is 0 Å². The number of nitrogens with one attached hydrogen (secondary N) is 1. The van der Waals surface area contributed by atoms with E-state index < -0.39 is 29.8 Å². The van der Waals surface area contributed by atoms with Crippen LogP contribution in [-0.2, 0) is 10.7 Å². The fourth-order valence-corrected chi connectivity index (χ4v) is 1.18. The van der Waals surface area contributed by atoms with Gasteiger partial charge in [-0.3, -0.25) is 5.32 Å². The van der Waals surface area contributed by atoms with E-state index in [0.29, 0.717) is 0 Å². The van der Waals surface area contributed by atoms with Gasteiger partial charge < -0.3 is 9.84 Å². The number of nitrogens with zero attached hydrogens (tertiary/aromatic N) is 1.